The van der Waals surface area contributed by atoms with Crippen LogP contribution in [0.2, 0.25) is 0 Å². The molecule has 130 valence electrons. The maximum Gasteiger partial charge on any atom is 0.342 e. The Balaban J connectivity index is 1.68. The number of ether oxygens (including phenoxy) is 1. The van der Waals surface area contributed by atoms with Gasteiger partial charge in [0.25, 0.3) is 5.89 Å². The molecule has 1 aliphatic rings. The zero-order valence-electron chi connectivity index (χ0n) is 14.2. The third-order valence-electron chi connectivity index (χ3n) is 4.37. The first kappa shape index (κ1) is 16.1. The second kappa shape index (κ2) is 6.48. The highest BCUT2D eigenvalue weighted by molar-refractivity contribution is 7.15. The minimum Gasteiger partial charge on any atom is -0.449 e. The van der Waals surface area contributed by atoms with Crippen molar-refractivity contribution in [3.8, 4) is 5.00 Å². The van der Waals surface area contributed by atoms with E-state index in [1.807, 2.05) is 29.1 Å². The molecule has 0 aromatic carbocycles. The molecule has 0 radical (unpaired) electrons. The second-order valence-electron chi connectivity index (χ2n) is 6.19. The van der Waals surface area contributed by atoms with E-state index in [0.29, 0.717) is 17.3 Å². The third-order valence-corrected chi connectivity index (χ3v) is 5.67. The van der Waals surface area contributed by atoms with E-state index in [9.17, 15) is 4.79 Å². The lowest BCUT2D eigenvalue weighted by atomic mass is 9.95. The van der Waals surface area contributed by atoms with Gasteiger partial charge in [-0.3, -0.25) is 0 Å². The fraction of sp³-hybridized carbons (Fsp3) is 0.389. The fourth-order valence-corrected chi connectivity index (χ4v) is 4.50. The van der Waals surface area contributed by atoms with Crippen molar-refractivity contribution < 1.29 is 13.9 Å². The van der Waals surface area contributed by atoms with Gasteiger partial charge in [-0.2, -0.15) is 0 Å². The summed E-state index contributed by atoms with van der Waals surface area (Å²) in [5.41, 5.74) is 1.82. The zero-order valence-corrected chi connectivity index (χ0v) is 15.0. The Kier molecular flexibility index (Phi) is 4.17. The van der Waals surface area contributed by atoms with E-state index in [-0.39, 0.29) is 5.97 Å². The van der Waals surface area contributed by atoms with E-state index >= 15 is 0 Å². The highest BCUT2D eigenvalue weighted by Crippen LogP contribution is 2.38. The molecule has 0 saturated heterocycles. The van der Waals surface area contributed by atoms with E-state index in [0.717, 1.165) is 29.8 Å². The Morgan fingerprint density at radius 2 is 2.04 bits per heavy atom. The van der Waals surface area contributed by atoms with E-state index in [1.54, 1.807) is 25.2 Å². The lowest BCUT2D eigenvalue weighted by molar-refractivity contribution is 0.0276. The van der Waals surface area contributed by atoms with Crippen LogP contribution in [0, 0.1) is 6.92 Å². The quantitative estimate of drug-likeness (QED) is 0.659. The standard InChI is InChI=1S/C18H19N3O3S/c1-11(16-20-19-12(2)24-16)23-18(22)15-13-7-3-4-8-14(13)25-17(15)21-9-5-6-10-21/h5-6,9-11H,3-4,7-8H2,1-2H3/t11-/m1/s1. The Hall–Kier alpha value is -2.41. The normalized spacial score (nSPS) is 15.0. The number of fused-ring (bicyclic) bond motifs is 1. The summed E-state index contributed by atoms with van der Waals surface area (Å²) in [4.78, 5) is 14.3. The van der Waals surface area contributed by atoms with Crippen molar-refractivity contribution in [2.75, 3.05) is 0 Å². The van der Waals surface area contributed by atoms with Crippen molar-refractivity contribution in [3.63, 3.8) is 0 Å². The van der Waals surface area contributed by atoms with Gasteiger partial charge in [0.15, 0.2) is 6.10 Å². The third kappa shape index (κ3) is 3.00. The van der Waals surface area contributed by atoms with Crippen LogP contribution < -0.4 is 0 Å². The molecule has 1 atom stereocenters. The summed E-state index contributed by atoms with van der Waals surface area (Å²) in [7, 11) is 0. The molecule has 0 N–H and O–H groups in total. The molecule has 4 rings (SSSR count). The molecule has 25 heavy (non-hydrogen) atoms. The number of hydrogen-bond acceptors (Lipinski definition) is 6. The van der Waals surface area contributed by atoms with E-state index in [1.165, 1.54) is 11.3 Å². The first-order valence-electron chi connectivity index (χ1n) is 8.42. The molecule has 1 aliphatic carbocycles. The molecule has 3 aromatic rings. The first-order valence-corrected chi connectivity index (χ1v) is 9.24. The highest BCUT2D eigenvalue weighted by atomic mass is 32.1. The van der Waals surface area contributed by atoms with Gasteiger partial charge >= 0.3 is 5.97 Å². The smallest absolute Gasteiger partial charge is 0.342 e. The average Bonchev–Trinajstić information content (AvgIpc) is 3.33. The van der Waals surface area contributed by atoms with Crippen LogP contribution >= 0.6 is 11.3 Å². The maximum atomic E-state index is 13.0. The van der Waals surface area contributed by atoms with Crippen LogP contribution in [-0.2, 0) is 17.6 Å². The molecule has 0 fully saturated rings. The Morgan fingerprint density at radius 1 is 1.28 bits per heavy atom. The van der Waals surface area contributed by atoms with Gasteiger partial charge in [0.1, 0.15) is 5.00 Å². The van der Waals surface area contributed by atoms with Crippen molar-refractivity contribution in [2.45, 2.75) is 45.6 Å². The summed E-state index contributed by atoms with van der Waals surface area (Å²) < 4.78 is 13.0. The topological polar surface area (TPSA) is 70.2 Å². The monoisotopic (exact) mass is 357 g/mol. The van der Waals surface area contributed by atoms with Gasteiger partial charge in [-0.1, -0.05) is 0 Å². The number of thiophene rings is 1. The molecule has 0 bridgehead atoms. The molecule has 0 unspecified atom stereocenters. The summed E-state index contributed by atoms with van der Waals surface area (Å²) in [6.45, 7) is 3.46. The largest absolute Gasteiger partial charge is 0.449 e. The van der Waals surface area contributed by atoms with Crippen LogP contribution in [0.15, 0.2) is 28.9 Å². The zero-order chi connectivity index (χ0) is 17.4. The van der Waals surface area contributed by atoms with Gasteiger partial charge in [0.2, 0.25) is 5.89 Å². The van der Waals surface area contributed by atoms with E-state index in [4.69, 9.17) is 9.15 Å². The van der Waals surface area contributed by atoms with Crippen LogP contribution in [0.3, 0.4) is 0 Å². The van der Waals surface area contributed by atoms with Crippen molar-refractivity contribution in [1.29, 1.82) is 0 Å². The van der Waals surface area contributed by atoms with Crippen LogP contribution in [0.4, 0.5) is 0 Å². The minimum absolute atomic E-state index is 0.317. The predicted molar refractivity (Wildman–Crippen MR) is 93.2 cm³/mol. The molecule has 3 heterocycles. The second-order valence-corrected chi connectivity index (χ2v) is 7.27. The summed E-state index contributed by atoms with van der Waals surface area (Å²) in [6, 6.07) is 3.91. The van der Waals surface area contributed by atoms with Crippen LogP contribution in [0.1, 0.15) is 58.4 Å². The van der Waals surface area contributed by atoms with Crippen LogP contribution in [0.5, 0.6) is 0 Å². The number of esters is 1. The summed E-state index contributed by atoms with van der Waals surface area (Å²) in [6.07, 6.45) is 7.56. The lowest BCUT2D eigenvalue weighted by Gasteiger charge is -2.14. The number of nitrogens with zero attached hydrogens (tertiary/aromatic N) is 3. The van der Waals surface area contributed by atoms with Crippen LogP contribution in [-0.4, -0.2) is 20.7 Å². The Labute approximate surface area is 149 Å². The molecule has 0 saturated carbocycles. The number of hydrogen-bond donors (Lipinski definition) is 0. The summed E-state index contributed by atoms with van der Waals surface area (Å²) >= 11 is 1.69. The SMILES string of the molecule is Cc1nnc([C@@H](C)OC(=O)c2c(-n3cccc3)sc3c2CCCC3)o1. The number of aromatic nitrogens is 3. The number of carbonyl (C=O) groups excluding carboxylic acids is 1. The molecule has 3 aromatic heterocycles. The Bertz CT molecular complexity index is 895. The van der Waals surface area contributed by atoms with Crippen LogP contribution in [0.25, 0.3) is 5.00 Å². The average molecular weight is 357 g/mol. The van der Waals surface area contributed by atoms with Gasteiger partial charge < -0.3 is 13.7 Å². The number of rotatable bonds is 4. The van der Waals surface area contributed by atoms with Crippen molar-refractivity contribution in [3.05, 3.63) is 52.3 Å². The molecular formula is C18H19N3O3S. The maximum absolute atomic E-state index is 13.0. The minimum atomic E-state index is -0.578. The predicted octanol–water partition coefficient (Wildman–Crippen LogP) is 4.03. The molecule has 0 aliphatic heterocycles. The molecule has 0 amide bonds. The van der Waals surface area contributed by atoms with Gasteiger partial charge in [-0.25, -0.2) is 4.79 Å². The van der Waals surface area contributed by atoms with Gasteiger partial charge in [0, 0.05) is 24.2 Å². The van der Waals surface area contributed by atoms with E-state index in [2.05, 4.69) is 10.2 Å². The summed E-state index contributed by atoms with van der Waals surface area (Å²) in [5, 5.41) is 8.67. The summed E-state index contributed by atoms with van der Waals surface area (Å²) in [5.74, 6) is 0.447. The molecule has 7 heteroatoms. The molecule has 6 nitrogen and oxygen atoms in total. The van der Waals surface area contributed by atoms with Gasteiger partial charge in [-0.15, -0.1) is 21.5 Å². The number of carbonyl (C=O) groups is 1. The lowest BCUT2D eigenvalue weighted by Crippen LogP contribution is -2.14. The van der Waals surface area contributed by atoms with Crippen molar-refractivity contribution >= 4 is 17.3 Å². The van der Waals surface area contributed by atoms with Gasteiger partial charge in [0.05, 0.1) is 5.56 Å². The van der Waals surface area contributed by atoms with Crippen molar-refractivity contribution in [1.82, 2.24) is 14.8 Å². The molecular weight excluding hydrogens is 338 g/mol. The number of aryl methyl sites for hydroxylation is 2. The first-order chi connectivity index (χ1) is 12.1. The fourth-order valence-electron chi connectivity index (χ4n) is 3.16. The van der Waals surface area contributed by atoms with Crippen molar-refractivity contribution in [2.24, 2.45) is 0 Å². The van der Waals surface area contributed by atoms with Gasteiger partial charge in [-0.05, 0) is 50.3 Å². The van der Waals surface area contributed by atoms with E-state index < -0.39 is 6.10 Å². The molecule has 0 spiro atoms. The highest BCUT2D eigenvalue weighted by Gasteiger charge is 2.29. The Morgan fingerprint density at radius 3 is 2.76 bits per heavy atom.